The average Bonchev–Trinajstić information content (AvgIpc) is 2.45. The third-order valence-electron chi connectivity index (χ3n) is 4.07. The van der Waals surface area contributed by atoms with Crippen molar-refractivity contribution in [2.45, 2.75) is 32.0 Å². The van der Waals surface area contributed by atoms with E-state index in [2.05, 4.69) is 0 Å². The summed E-state index contributed by atoms with van der Waals surface area (Å²) in [6.07, 6.45) is -3.12. The minimum absolute atomic E-state index is 0.205. The van der Waals surface area contributed by atoms with E-state index in [1.165, 1.54) is 12.1 Å². The average molecular weight is 301 g/mol. The zero-order valence-electron chi connectivity index (χ0n) is 11.7. The first-order valence-corrected chi connectivity index (χ1v) is 6.93. The SMILES string of the molecule is CC(c1ccccc1C(F)(F)F)N1CCCC(C(=O)O)C1. The third kappa shape index (κ3) is 3.56. The largest absolute Gasteiger partial charge is 0.481 e. The predicted molar refractivity (Wildman–Crippen MR) is 71.8 cm³/mol. The number of piperidine rings is 1. The van der Waals surface area contributed by atoms with Gasteiger partial charge in [0.1, 0.15) is 0 Å². The van der Waals surface area contributed by atoms with Gasteiger partial charge in [0.15, 0.2) is 0 Å². The summed E-state index contributed by atoms with van der Waals surface area (Å²) < 4.78 is 39.2. The van der Waals surface area contributed by atoms with Crippen molar-refractivity contribution in [3.05, 3.63) is 35.4 Å². The van der Waals surface area contributed by atoms with E-state index >= 15 is 0 Å². The van der Waals surface area contributed by atoms with E-state index in [0.717, 1.165) is 6.07 Å². The Morgan fingerprint density at radius 3 is 2.67 bits per heavy atom. The molecule has 1 saturated heterocycles. The second kappa shape index (κ2) is 6.05. The molecule has 1 N–H and O–H groups in total. The molecule has 1 heterocycles. The van der Waals surface area contributed by atoms with Crippen molar-refractivity contribution >= 4 is 5.97 Å². The highest BCUT2D eigenvalue weighted by atomic mass is 19.4. The van der Waals surface area contributed by atoms with Gasteiger partial charge in [0, 0.05) is 12.6 Å². The minimum Gasteiger partial charge on any atom is -0.481 e. The standard InChI is InChI=1S/C15H18F3NO2/c1-10(19-8-4-5-11(9-19)14(20)21)12-6-2-3-7-13(12)15(16,17)18/h2-3,6-7,10-11H,4-5,8-9H2,1H3,(H,20,21). The van der Waals surface area contributed by atoms with Crippen LogP contribution in [0.2, 0.25) is 0 Å². The highest BCUT2D eigenvalue weighted by Crippen LogP contribution is 2.37. The number of rotatable bonds is 3. The smallest absolute Gasteiger partial charge is 0.416 e. The summed E-state index contributed by atoms with van der Waals surface area (Å²) in [6, 6.07) is 5.04. The first-order chi connectivity index (χ1) is 9.80. The number of alkyl halides is 3. The number of carboxylic acids is 1. The van der Waals surface area contributed by atoms with Gasteiger partial charge in [-0.25, -0.2) is 0 Å². The van der Waals surface area contributed by atoms with Gasteiger partial charge in [0.05, 0.1) is 11.5 Å². The van der Waals surface area contributed by atoms with Crippen LogP contribution in [-0.2, 0) is 11.0 Å². The second-order valence-electron chi connectivity index (χ2n) is 5.43. The molecule has 2 rings (SSSR count). The number of carboxylic acid groups (broad SMARTS) is 1. The van der Waals surface area contributed by atoms with Crippen molar-refractivity contribution in [2.75, 3.05) is 13.1 Å². The maximum atomic E-state index is 13.1. The summed E-state index contributed by atoms with van der Waals surface area (Å²) in [5.74, 6) is -1.38. The van der Waals surface area contributed by atoms with Gasteiger partial charge in [-0.05, 0) is 37.9 Å². The zero-order valence-corrected chi connectivity index (χ0v) is 11.7. The van der Waals surface area contributed by atoms with Crippen LogP contribution in [0.1, 0.15) is 36.9 Å². The number of benzene rings is 1. The molecule has 1 fully saturated rings. The van der Waals surface area contributed by atoms with E-state index in [0.29, 0.717) is 25.9 Å². The lowest BCUT2D eigenvalue weighted by Crippen LogP contribution is -2.40. The number of halogens is 3. The van der Waals surface area contributed by atoms with E-state index in [9.17, 15) is 18.0 Å². The molecule has 1 aliphatic rings. The second-order valence-corrected chi connectivity index (χ2v) is 5.43. The minimum atomic E-state index is -4.40. The molecule has 21 heavy (non-hydrogen) atoms. The van der Waals surface area contributed by atoms with Gasteiger partial charge in [0.2, 0.25) is 0 Å². The highest BCUT2D eigenvalue weighted by Gasteiger charge is 2.36. The molecule has 1 aliphatic heterocycles. The Morgan fingerprint density at radius 2 is 2.05 bits per heavy atom. The summed E-state index contributed by atoms with van der Waals surface area (Å²) in [7, 11) is 0. The lowest BCUT2D eigenvalue weighted by molar-refractivity contribution is -0.144. The fourth-order valence-corrected chi connectivity index (χ4v) is 2.88. The van der Waals surface area contributed by atoms with Crippen LogP contribution in [0.4, 0.5) is 13.2 Å². The molecule has 1 aromatic carbocycles. The Morgan fingerprint density at radius 1 is 1.38 bits per heavy atom. The Labute approximate surface area is 121 Å². The molecule has 0 aliphatic carbocycles. The number of carbonyl (C=O) groups is 1. The molecule has 2 unspecified atom stereocenters. The van der Waals surface area contributed by atoms with Gasteiger partial charge < -0.3 is 5.11 Å². The molecule has 6 heteroatoms. The summed E-state index contributed by atoms with van der Waals surface area (Å²) in [4.78, 5) is 12.9. The molecule has 0 saturated carbocycles. The fraction of sp³-hybridized carbons (Fsp3) is 0.533. The number of likely N-dealkylation sites (tertiary alicyclic amines) is 1. The van der Waals surface area contributed by atoms with E-state index in [1.54, 1.807) is 13.0 Å². The van der Waals surface area contributed by atoms with Crippen molar-refractivity contribution in [3.8, 4) is 0 Å². The maximum absolute atomic E-state index is 13.1. The van der Waals surface area contributed by atoms with E-state index < -0.39 is 29.7 Å². The molecule has 0 radical (unpaired) electrons. The van der Waals surface area contributed by atoms with Gasteiger partial charge in [-0.3, -0.25) is 9.69 Å². The lowest BCUT2D eigenvalue weighted by Gasteiger charge is -2.36. The number of hydrogen-bond donors (Lipinski definition) is 1. The summed E-state index contributed by atoms with van der Waals surface area (Å²) >= 11 is 0. The molecule has 0 amide bonds. The third-order valence-corrected chi connectivity index (χ3v) is 4.07. The molecule has 2 atom stereocenters. The molecule has 116 valence electrons. The number of nitrogens with zero attached hydrogens (tertiary/aromatic N) is 1. The van der Waals surface area contributed by atoms with Gasteiger partial charge >= 0.3 is 12.1 Å². The van der Waals surface area contributed by atoms with Crippen molar-refractivity contribution in [1.29, 1.82) is 0 Å². The summed E-state index contributed by atoms with van der Waals surface area (Å²) in [5, 5.41) is 9.09. The van der Waals surface area contributed by atoms with Crippen LogP contribution in [0.15, 0.2) is 24.3 Å². The lowest BCUT2D eigenvalue weighted by atomic mass is 9.93. The van der Waals surface area contributed by atoms with Gasteiger partial charge in [-0.1, -0.05) is 18.2 Å². The van der Waals surface area contributed by atoms with E-state index in [-0.39, 0.29) is 5.56 Å². The number of hydrogen-bond acceptors (Lipinski definition) is 2. The van der Waals surface area contributed by atoms with Crippen molar-refractivity contribution < 1.29 is 23.1 Å². The number of aliphatic carboxylic acids is 1. The molecule has 0 aromatic heterocycles. The molecule has 0 bridgehead atoms. The maximum Gasteiger partial charge on any atom is 0.416 e. The van der Waals surface area contributed by atoms with Crippen LogP contribution in [0.3, 0.4) is 0 Å². The predicted octanol–water partition coefficient (Wildman–Crippen LogP) is 3.56. The van der Waals surface area contributed by atoms with Crippen molar-refractivity contribution in [3.63, 3.8) is 0 Å². The molecule has 3 nitrogen and oxygen atoms in total. The first kappa shape index (κ1) is 15.8. The van der Waals surface area contributed by atoms with Gasteiger partial charge in [0.25, 0.3) is 0 Å². The topological polar surface area (TPSA) is 40.5 Å². The van der Waals surface area contributed by atoms with Crippen LogP contribution in [0.25, 0.3) is 0 Å². The molecular weight excluding hydrogens is 283 g/mol. The van der Waals surface area contributed by atoms with Crippen LogP contribution in [-0.4, -0.2) is 29.1 Å². The highest BCUT2D eigenvalue weighted by molar-refractivity contribution is 5.70. The van der Waals surface area contributed by atoms with Crippen molar-refractivity contribution in [2.24, 2.45) is 5.92 Å². The Kier molecular flexibility index (Phi) is 4.56. The Bertz CT molecular complexity index is 516. The fourth-order valence-electron chi connectivity index (χ4n) is 2.88. The monoisotopic (exact) mass is 301 g/mol. The zero-order chi connectivity index (χ0) is 15.6. The van der Waals surface area contributed by atoms with Crippen molar-refractivity contribution in [1.82, 2.24) is 4.90 Å². The van der Waals surface area contributed by atoms with E-state index in [1.807, 2.05) is 4.90 Å². The van der Waals surface area contributed by atoms with E-state index in [4.69, 9.17) is 5.11 Å². The van der Waals surface area contributed by atoms with Gasteiger partial charge in [-0.2, -0.15) is 13.2 Å². The Balaban J connectivity index is 2.24. The first-order valence-electron chi connectivity index (χ1n) is 6.93. The van der Waals surface area contributed by atoms with Crippen LogP contribution in [0.5, 0.6) is 0 Å². The van der Waals surface area contributed by atoms with Gasteiger partial charge in [-0.15, -0.1) is 0 Å². The van der Waals surface area contributed by atoms with Crippen LogP contribution in [0, 0.1) is 5.92 Å². The molecule has 0 spiro atoms. The summed E-state index contributed by atoms with van der Waals surface area (Å²) in [6.45, 7) is 2.62. The molecule has 1 aromatic rings. The normalized spacial score (nSPS) is 22.0. The quantitative estimate of drug-likeness (QED) is 0.928. The van der Waals surface area contributed by atoms with Crippen LogP contribution < -0.4 is 0 Å². The molecular formula is C15H18F3NO2. The summed E-state index contributed by atoms with van der Waals surface area (Å²) in [5.41, 5.74) is -0.439. The van der Waals surface area contributed by atoms with Crippen LogP contribution >= 0.6 is 0 Å². The Hall–Kier alpha value is -1.56.